The number of fused-ring (bicyclic) bond motifs is 1. The summed E-state index contributed by atoms with van der Waals surface area (Å²) in [4.78, 5) is 31.9. The van der Waals surface area contributed by atoms with Crippen molar-refractivity contribution in [1.82, 2.24) is 24.6 Å². The molecule has 4 rings (SSSR count). The maximum atomic E-state index is 13.6. The van der Waals surface area contributed by atoms with Crippen molar-refractivity contribution < 1.29 is 14.3 Å². The molecule has 0 aliphatic carbocycles. The molecule has 9 heteroatoms. The number of carbonyl (C=O) groups excluding carboxylic acids is 2. The van der Waals surface area contributed by atoms with E-state index in [-0.39, 0.29) is 11.8 Å². The molecule has 0 saturated carbocycles. The van der Waals surface area contributed by atoms with E-state index in [0.29, 0.717) is 35.4 Å². The lowest BCUT2D eigenvalue weighted by molar-refractivity contribution is -0.114. The van der Waals surface area contributed by atoms with Crippen molar-refractivity contribution in [1.29, 1.82) is 0 Å². The molecule has 2 heterocycles. The van der Waals surface area contributed by atoms with Crippen LogP contribution in [0.3, 0.4) is 0 Å². The summed E-state index contributed by atoms with van der Waals surface area (Å²) in [6.45, 7) is 6.31. The highest BCUT2D eigenvalue weighted by Gasteiger charge is 2.23. The van der Waals surface area contributed by atoms with Crippen LogP contribution in [0.4, 0.5) is 5.69 Å². The molecule has 0 spiro atoms. The number of nitrogens with one attached hydrogen (secondary N) is 2. The molecule has 0 aliphatic heterocycles. The predicted molar refractivity (Wildman–Crippen MR) is 131 cm³/mol. The number of nitrogens with zero attached hydrogens (tertiary/aromatic N) is 4. The lowest BCUT2D eigenvalue weighted by Crippen LogP contribution is -2.27. The Morgan fingerprint density at radius 1 is 1.21 bits per heavy atom. The van der Waals surface area contributed by atoms with E-state index in [4.69, 9.17) is 9.72 Å². The number of H-pyrrole nitrogens is 1. The Kier molecular flexibility index (Phi) is 6.36. The number of aromatic nitrogens is 4. The van der Waals surface area contributed by atoms with Crippen molar-refractivity contribution in [3.63, 3.8) is 0 Å². The number of aromatic amines is 1. The van der Waals surface area contributed by atoms with Crippen molar-refractivity contribution in [2.24, 2.45) is 0 Å². The standard InChI is InChI=1S/C25H28N6O3/c1-6-31-23-21(25(33)30(4)14-19-10-15(2)28-29-19)12-18(26-16(3)32)13-22(23)27-24(31)17-8-7-9-20(11-17)34-5/h7-13H,6,14H2,1-5H3,(H,26,32)(H,28,29). The van der Waals surface area contributed by atoms with Crippen molar-refractivity contribution in [2.75, 3.05) is 19.5 Å². The quantitative estimate of drug-likeness (QED) is 0.434. The molecule has 0 saturated heterocycles. The Morgan fingerprint density at radius 3 is 2.65 bits per heavy atom. The van der Waals surface area contributed by atoms with Crippen molar-refractivity contribution in [2.45, 2.75) is 33.9 Å². The number of aryl methyl sites for hydroxylation is 2. The van der Waals surface area contributed by atoms with E-state index in [1.807, 2.05) is 48.7 Å². The molecule has 176 valence electrons. The number of hydrogen-bond donors (Lipinski definition) is 2. The number of imidazole rings is 1. The van der Waals surface area contributed by atoms with E-state index in [1.165, 1.54) is 6.92 Å². The zero-order valence-electron chi connectivity index (χ0n) is 20.0. The van der Waals surface area contributed by atoms with E-state index in [2.05, 4.69) is 15.5 Å². The lowest BCUT2D eigenvalue weighted by atomic mass is 10.1. The van der Waals surface area contributed by atoms with Crippen molar-refractivity contribution in [3.05, 3.63) is 59.4 Å². The summed E-state index contributed by atoms with van der Waals surface area (Å²) in [6, 6.07) is 13.1. The van der Waals surface area contributed by atoms with Crippen LogP contribution >= 0.6 is 0 Å². The Hall–Kier alpha value is -4.14. The van der Waals surface area contributed by atoms with Crippen molar-refractivity contribution >= 4 is 28.5 Å². The van der Waals surface area contributed by atoms with Gasteiger partial charge in [0.25, 0.3) is 5.91 Å². The van der Waals surface area contributed by atoms with E-state index < -0.39 is 0 Å². The molecule has 0 fully saturated rings. The third-order valence-electron chi connectivity index (χ3n) is 5.54. The molecule has 2 aromatic heterocycles. The van der Waals surface area contributed by atoms with Gasteiger partial charge in [0.05, 0.1) is 35.9 Å². The summed E-state index contributed by atoms with van der Waals surface area (Å²) in [5, 5.41) is 9.93. The maximum absolute atomic E-state index is 13.6. The van der Waals surface area contributed by atoms with Gasteiger partial charge in [-0.3, -0.25) is 14.7 Å². The minimum Gasteiger partial charge on any atom is -0.497 e. The lowest BCUT2D eigenvalue weighted by Gasteiger charge is -2.18. The number of carbonyl (C=O) groups is 2. The highest BCUT2D eigenvalue weighted by Crippen LogP contribution is 2.32. The average molecular weight is 461 g/mol. The molecule has 2 amide bonds. The van der Waals surface area contributed by atoms with Gasteiger partial charge in [0.1, 0.15) is 11.6 Å². The Morgan fingerprint density at radius 2 is 2.00 bits per heavy atom. The van der Waals surface area contributed by atoms with Crippen LogP contribution < -0.4 is 10.1 Å². The fourth-order valence-corrected chi connectivity index (χ4v) is 4.07. The van der Waals surface area contributed by atoms with Gasteiger partial charge in [0, 0.05) is 37.5 Å². The Balaban J connectivity index is 1.86. The SMILES string of the molecule is CCn1c(-c2cccc(OC)c2)nc2cc(NC(C)=O)cc(C(=O)N(C)Cc3cc(C)[nH]n3)c21. The summed E-state index contributed by atoms with van der Waals surface area (Å²) >= 11 is 0. The molecule has 4 aromatic rings. The number of amides is 2. The normalized spacial score (nSPS) is 11.0. The number of rotatable bonds is 7. The van der Waals surface area contributed by atoms with E-state index in [1.54, 1.807) is 31.2 Å². The van der Waals surface area contributed by atoms with Gasteiger partial charge in [-0.05, 0) is 44.2 Å². The molecule has 0 unspecified atom stereocenters. The minimum absolute atomic E-state index is 0.190. The van der Waals surface area contributed by atoms with Gasteiger partial charge in [0.15, 0.2) is 0 Å². The van der Waals surface area contributed by atoms with E-state index >= 15 is 0 Å². The Bertz CT molecular complexity index is 1370. The fourth-order valence-electron chi connectivity index (χ4n) is 4.07. The van der Waals surface area contributed by atoms with Crippen LogP contribution in [-0.2, 0) is 17.9 Å². The van der Waals surface area contributed by atoms with Crippen LogP contribution in [0.1, 0.15) is 35.6 Å². The van der Waals surface area contributed by atoms with Gasteiger partial charge in [0.2, 0.25) is 5.91 Å². The summed E-state index contributed by atoms with van der Waals surface area (Å²) in [7, 11) is 3.36. The fraction of sp³-hybridized carbons (Fsp3) is 0.280. The molecule has 2 N–H and O–H groups in total. The first-order valence-electron chi connectivity index (χ1n) is 11.0. The molecule has 0 atom stereocenters. The third-order valence-corrected chi connectivity index (χ3v) is 5.54. The number of hydrogen-bond acceptors (Lipinski definition) is 5. The first-order valence-corrected chi connectivity index (χ1v) is 11.0. The molecule has 0 bridgehead atoms. The molecule has 9 nitrogen and oxygen atoms in total. The largest absolute Gasteiger partial charge is 0.497 e. The van der Waals surface area contributed by atoms with E-state index in [0.717, 1.165) is 28.5 Å². The monoisotopic (exact) mass is 460 g/mol. The van der Waals surface area contributed by atoms with Gasteiger partial charge in [-0.2, -0.15) is 5.10 Å². The minimum atomic E-state index is -0.221. The van der Waals surface area contributed by atoms with Gasteiger partial charge in [-0.1, -0.05) is 12.1 Å². The highest BCUT2D eigenvalue weighted by molar-refractivity contribution is 6.08. The van der Waals surface area contributed by atoms with Crippen molar-refractivity contribution in [3.8, 4) is 17.1 Å². The van der Waals surface area contributed by atoms with E-state index in [9.17, 15) is 9.59 Å². The zero-order valence-corrected chi connectivity index (χ0v) is 20.0. The van der Waals surface area contributed by atoms with Crippen LogP contribution in [0, 0.1) is 6.92 Å². The predicted octanol–water partition coefficient (Wildman–Crippen LogP) is 3.99. The van der Waals surface area contributed by atoms with Crippen LogP contribution in [0.15, 0.2) is 42.5 Å². The van der Waals surface area contributed by atoms with Crippen LogP contribution in [-0.4, -0.2) is 50.6 Å². The summed E-state index contributed by atoms with van der Waals surface area (Å²) in [5.41, 5.74) is 4.88. The van der Waals surface area contributed by atoms with Crippen LogP contribution in [0.5, 0.6) is 5.75 Å². The molecular weight excluding hydrogens is 432 g/mol. The van der Waals surface area contributed by atoms with Gasteiger partial charge >= 0.3 is 0 Å². The highest BCUT2D eigenvalue weighted by atomic mass is 16.5. The second-order valence-electron chi connectivity index (χ2n) is 8.19. The Labute approximate surface area is 197 Å². The zero-order chi connectivity index (χ0) is 24.4. The van der Waals surface area contributed by atoms with Gasteiger partial charge in [-0.15, -0.1) is 0 Å². The topological polar surface area (TPSA) is 105 Å². The first-order chi connectivity index (χ1) is 16.3. The maximum Gasteiger partial charge on any atom is 0.256 e. The third kappa shape index (κ3) is 4.50. The molecule has 34 heavy (non-hydrogen) atoms. The number of anilines is 1. The molecule has 2 aromatic carbocycles. The number of ether oxygens (including phenoxy) is 1. The summed E-state index contributed by atoms with van der Waals surface area (Å²) in [5.74, 6) is 1.03. The second kappa shape index (κ2) is 9.38. The summed E-state index contributed by atoms with van der Waals surface area (Å²) in [6.07, 6.45) is 0. The average Bonchev–Trinajstić information content (AvgIpc) is 3.40. The molecular formula is C25H28N6O3. The first kappa shape index (κ1) is 23.0. The summed E-state index contributed by atoms with van der Waals surface area (Å²) < 4.78 is 7.40. The molecule has 0 aliphatic rings. The number of methoxy groups -OCH3 is 1. The van der Waals surface area contributed by atoms with Crippen LogP contribution in [0.2, 0.25) is 0 Å². The van der Waals surface area contributed by atoms with Gasteiger partial charge in [-0.25, -0.2) is 4.98 Å². The second-order valence-corrected chi connectivity index (χ2v) is 8.19. The van der Waals surface area contributed by atoms with Crippen LogP contribution in [0.25, 0.3) is 22.4 Å². The molecule has 0 radical (unpaired) electrons. The smallest absolute Gasteiger partial charge is 0.256 e. The number of benzene rings is 2. The van der Waals surface area contributed by atoms with Gasteiger partial charge < -0.3 is 19.5 Å².